The number of alkyl halides is 2. The van der Waals surface area contributed by atoms with Crippen LogP contribution in [0.5, 0.6) is 0 Å². The van der Waals surface area contributed by atoms with E-state index in [-0.39, 0.29) is 0 Å². The number of hydrogen-bond donors (Lipinski definition) is 0. The molecule has 0 aromatic carbocycles. The van der Waals surface area contributed by atoms with Gasteiger partial charge in [0.25, 0.3) is 6.43 Å². The van der Waals surface area contributed by atoms with Crippen LogP contribution in [-0.4, -0.2) is 9.91 Å². The Bertz CT molecular complexity index is 414. The summed E-state index contributed by atoms with van der Waals surface area (Å²) in [5.41, 5.74) is -1.63. The van der Waals surface area contributed by atoms with Crippen molar-refractivity contribution in [1.29, 1.82) is 5.26 Å². The minimum absolute atomic E-state index is 0.416. The fourth-order valence-electron chi connectivity index (χ4n) is 0.819. The van der Waals surface area contributed by atoms with E-state index in [1.807, 2.05) is 0 Å². The molecule has 14 heavy (non-hydrogen) atoms. The molecule has 0 radical (unpaired) electrons. The van der Waals surface area contributed by atoms with E-state index >= 15 is 0 Å². The van der Waals surface area contributed by atoms with Crippen molar-refractivity contribution in [2.24, 2.45) is 0 Å². The molecule has 1 aromatic rings. The molecule has 0 amide bonds. The molecule has 0 aliphatic heterocycles. The van der Waals surface area contributed by atoms with Crippen LogP contribution < -0.4 is 0 Å². The van der Waals surface area contributed by atoms with Crippen LogP contribution in [-0.2, 0) is 0 Å². The first-order valence-electron chi connectivity index (χ1n) is 3.39. The Labute approximate surface area is 76.8 Å². The van der Waals surface area contributed by atoms with Gasteiger partial charge in [-0.15, -0.1) is 0 Å². The molecule has 1 aromatic heterocycles. The first-order chi connectivity index (χ1) is 6.56. The second-order valence-corrected chi connectivity index (χ2v) is 2.30. The first-order valence-corrected chi connectivity index (χ1v) is 3.39. The summed E-state index contributed by atoms with van der Waals surface area (Å²) in [5, 5.41) is 18.7. The zero-order valence-corrected chi connectivity index (χ0v) is 6.65. The number of aromatic nitrogens is 1. The third kappa shape index (κ3) is 1.80. The summed E-state index contributed by atoms with van der Waals surface area (Å²) in [5.74, 6) is 0. The Kier molecular flexibility index (Phi) is 2.67. The van der Waals surface area contributed by atoms with E-state index in [4.69, 9.17) is 5.26 Å². The molecule has 1 rings (SSSR count). The minimum atomic E-state index is -2.84. The van der Waals surface area contributed by atoms with Crippen LogP contribution in [0.2, 0.25) is 0 Å². The van der Waals surface area contributed by atoms with Crippen molar-refractivity contribution in [2.75, 3.05) is 0 Å². The summed E-state index contributed by atoms with van der Waals surface area (Å²) >= 11 is 0. The molecular weight excluding hydrogens is 196 g/mol. The van der Waals surface area contributed by atoms with Crippen molar-refractivity contribution in [3.05, 3.63) is 33.6 Å². The molecule has 0 unspecified atom stereocenters. The summed E-state index contributed by atoms with van der Waals surface area (Å²) in [6.45, 7) is 0. The van der Waals surface area contributed by atoms with Crippen LogP contribution in [0.25, 0.3) is 0 Å². The van der Waals surface area contributed by atoms with E-state index < -0.39 is 28.3 Å². The highest BCUT2D eigenvalue weighted by Crippen LogP contribution is 2.22. The summed E-state index contributed by atoms with van der Waals surface area (Å²) in [7, 11) is 0. The normalized spacial score (nSPS) is 9.86. The molecule has 0 aliphatic carbocycles. The van der Waals surface area contributed by atoms with E-state index in [0.29, 0.717) is 12.3 Å². The van der Waals surface area contributed by atoms with Gasteiger partial charge in [0.05, 0.1) is 4.92 Å². The molecule has 0 saturated heterocycles. The average molecular weight is 199 g/mol. The summed E-state index contributed by atoms with van der Waals surface area (Å²) in [6.07, 6.45) is -2.19. The van der Waals surface area contributed by atoms with Gasteiger partial charge >= 0.3 is 5.69 Å². The molecular formula is C7H3F2N3O2. The number of nitrogens with zero attached hydrogens (tertiary/aromatic N) is 3. The quantitative estimate of drug-likeness (QED) is 0.537. The summed E-state index contributed by atoms with van der Waals surface area (Å²) < 4.78 is 24.1. The van der Waals surface area contributed by atoms with Crippen molar-refractivity contribution < 1.29 is 13.7 Å². The van der Waals surface area contributed by atoms with Crippen molar-refractivity contribution in [1.82, 2.24) is 4.98 Å². The average Bonchev–Trinajstić information content (AvgIpc) is 2.16. The number of hydrogen-bond acceptors (Lipinski definition) is 4. The van der Waals surface area contributed by atoms with Gasteiger partial charge in [-0.2, -0.15) is 5.26 Å². The van der Waals surface area contributed by atoms with Gasteiger partial charge in [-0.25, -0.2) is 13.8 Å². The standard InChI is InChI=1S/C7H3F2N3O2/c8-7(9)5-1-4(2-10)6(3-11-5)12(13)14/h1,3,7H. The molecule has 7 heteroatoms. The first kappa shape index (κ1) is 9.98. The Morgan fingerprint density at radius 3 is 2.71 bits per heavy atom. The molecule has 0 saturated carbocycles. The van der Waals surface area contributed by atoms with Gasteiger partial charge in [-0.1, -0.05) is 0 Å². The van der Waals surface area contributed by atoms with Crippen molar-refractivity contribution >= 4 is 5.69 Å². The predicted molar refractivity (Wildman–Crippen MR) is 40.6 cm³/mol. The highest BCUT2D eigenvalue weighted by molar-refractivity contribution is 5.47. The molecule has 0 fully saturated rings. The number of halogens is 2. The zero-order valence-electron chi connectivity index (χ0n) is 6.65. The lowest BCUT2D eigenvalue weighted by Gasteiger charge is -1.98. The van der Waals surface area contributed by atoms with Gasteiger partial charge in [0, 0.05) is 0 Å². The predicted octanol–water partition coefficient (Wildman–Crippen LogP) is 1.80. The fraction of sp³-hybridized carbons (Fsp3) is 0.143. The number of nitro groups is 1. The minimum Gasteiger partial charge on any atom is -0.258 e. The monoisotopic (exact) mass is 199 g/mol. The molecule has 0 atom stereocenters. The summed E-state index contributed by atoms with van der Waals surface area (Å²) in [6, 6.07) is 2.17. The Morgan fingerprint density at radius 1 is 1.64 bits per heavy atom. The third-order valence-electron chi connectivity index (χ3n) is 1.44. The largest absolute Gasteiger partial charge is 0.305 e. The van der Waals surface area contributed by atoms with Crippen LogP contribution in [0.3, 0.4) is 0 Å². The van der Waals surface area contributed by atoms with Crippen LogP contribution in [0, 0.1) is 21.4 Å². The van der Waals surface area contributed by atoms with Gasteiger partial charge in [0.2, 0.25) is 0 Å². The number of pyridine rings is 1. The van der Waals surface area contributed by atoms with Crippen LogP contribution in [0.15, 0.2) is 12.3 Å². The zero-order chi connectivity index (χ0) is 10.7. The lowest BCUT2D eigenvalue weighted by molar-refractivity contribution is -0.385. The van der Waals surface area contributed by atoms with E-state index in [0.717, 1.165) is 0 Å². The number of rotatable bonds is 2. The SMILES string of the molecule is N#Cc1cc(C(F)F)ncc1[N+](=O)[O-]. The van der Waals surface area contributed by atoms with Gasteiger partial charge < -0.3 is 0 Å². The topological polar surface area (TPSA) is 79.8 Å². The van der Waals surface area contributed by atoms with Gasteiger partial charge in [0.15, 0.2) is 0 Å². The second-order valence-electron chi connectivity index (χ2n) is 2.30. The molecule has 0 N–H and O–H groups in total. The van der Waals surface area contributed by atoms with Crippen molar-refractivity contribution in [2.45, 2.75) is 6.43 Å². The lowest BCUT2D eigenvalue weighted by Crippen LogP contribution is -1.97. The third-order valence-corrected chi connectivity index (χ3v) is 1.44. The van der Waals surface area contributed by atoms with Crippen LogP contribution in [0.4, 0.5) is 14.5 Å². The van der Waals surface area contributed by atoms with E-state index in [1.54, 1.807) is 0 Å². The lowest BCUT2D eigenvalue weighted by atomic mass is 10.2. The van der Waals surface area contributed by atoms with Crippen LogP contribution in [0.1, 0.15) is 17.7 Å². The maximum atomic E-state index is 12.1. The van der Waals surface area contributed by atoms with E-state index in [1.165, 1.54) is 6.07 Å². The molecule has 0 spiro atoms. The molecule has 0 aliphatic rings. The Balaban J connectivity index is 3.27. The highest BCUT2D eigenvalue weighted by atomic mass is 19.3. The molecule has 5 nitrogen and oxygen atoms in total. The second kappa shape index (κ2) is 3.74. The smallest absolute Gasteiger partial charge is 0.258 e. The maximum Gasteiger partial charge on any atom is 0.305 e. The molecule has 72 valence electrons. The van der Waals surface area contributed by atoms with Gasteiger partial charge in [-0.3, -0.25) is 10.1 Å². The van der Waals surface area contributed by atoms with Crippen LogP contribution >= 0.6 is 0 Å². The van der Waals surface area contributed by atoms with Crippen molar-refractivity contribution in [3.8, 4) is 6.07 Å². The highest BCUT2D eigenvalue weighted by Gasteiger charge is 2.18. The fourth-order valence-corrected chi connectivity index (χ4v) is 0.819. The summed E-state index contributed by atoms with van der Waals surface area (Å²) in [4.78, 5) is 12.6. The van der Waals surface area contributed by atoms with E-state index in [9.17, 15) is 18.9 Å². The van der Waals surface area contributed by atoms with E-state index in [2.05, 4.69) is 4.98 Å². The van der Waals surface area contributed by atoms with Gasteiger partial charge in [0.1, 0.15) is 23.5 Å². The molecule has 1 heterocycles. The Hall–Kier alpha value is -2.10. The Morgan fingerprint density at radius 2 is 2.29 bits per heavy atom. The van der Waals surface area contributed by atoms with Gasteiger partial charge in [-0.05, 0) is 6.07 Å². The number of nitriles is 1. The van der Waals surface area contributed by atoms with Crippen molar-refractivity contribution in [3.63, 3.8) is 0 Å². The maximum absolute atomic E-state index is 12.1. The molecule has 0 bridgehead atoms.